The maximum absolute atomic E-state index is 12.3. The minimum atomic E-state index is 0.203. The predicted octanol–water partition coefficient (Wildman–Crippen LogP) is 3.80. The molecule has 2 rings (SSSR count). The number of nitrogens with one attached hydrogen (secondary N) is 1. The quantitative estimate of drug-likeness (QED) is 0.817. The van der Waals surface area contributed by atoms with Gasteiger partial charge in [0.25, 0.3) is 0 Å². The van der Waals surface area contributed by atoms with Crippen LogP contribution in [-0.2, 0) is 4.79 Å². The van der Waals surface area contributed by atoms with E-state index < -0.39 is 0 Å². The number of amides is 1. The van der Waals surface area contributed by atoms with Gasteiger partial charge in [0.1, 0.15) is 0 Å². The van der Waals surface area contributed by atoms with E-state index in [0.717, 1.165) is 24.3 Å². The van der Waals surface area contributed by atoms with Crippen LogP contribution in [0.4, 0.5) is 11.4 Å². The van der Waals surface area contributed by atoms with Crippen molar-refractivity contribution < 1.29 is 4.79 Å². The van der Waals surface area contributed by atoms with Gasteiger partial charge in [0, 0.05) is 19.0 Å². The minimum Gasteiger partial charge on any atom is -0.380 e. The zero-order valence-corrected chi connectivity index (χ0v) is 12.0. The van der Waals surface area contributed by atoms with Crippen molar-refractivity contribution in [2.75, 3.05) is 16.8 Å². The molecule has 1 atom stereocenters. The van der Waals surface area contributed by atoms with Crippen LogP contribution in [0.2, 0.25) is 0 Å². The predicted molar refractivity (Wildman–Crippen MR) is 80.6 cm³/mol. The first-order chi connectivity index (χ1) is 9.22. The van der Waals surface area contributed by atoms with Crippen LogP contribution in [0.5, 0.6) is 0 Å². The lowest BCUT2D eigenvalue weighted by molar-refractivity contribution is -0.118. The third-order valence-corrected chi connectivity index (χ3v) is 3.61. The molecule has 1 heterocycles. The molecule has 1 N–H and O–H groups in total. The molecule has 1 amide bonds. The Labute approximate surface area is 116 Å². The van der Waals surface area contributed by atoms with Gasteiger partial charge in [-0.2, -0.15) is 0 Å². The van der Waals surface area contributed by atoms with Gasteiger partial charge in [0.05, 0.1) is 11.4 Å². The molecule has 1 aromatic rings. The molecule has 104 valence electrons. The van der Waals surface area contributed by atoms with E-state index in [2.05, 4.69) is 25.2 Å². The number of hydrogen-bond donors (Lipinski definition) is 1. The fourth-order valence-corrected chi connectivity index (χ4v) is 2.60. The molecule has 0 aromatic heterocycles. The summed E-state index contributed by atoms with van der Waals surface area (Å²) in [6.07, 6.45) is 5.33. The highest BCUT2D eigenvalue weighted by Gasteiger charge is 2.24. The first-order valence-corrected chi connectivity index (χ1v) is 7.38. The van der Waals surface area contributed by atoms with Crippen LogP contribution in [0.15, 0.2) is 24.3 Å². The summed E-state index contributed by atoms with van der Waals surface area (Å²) in [6, 6.07) is 8.32. The van der Waals surface area contributed by atoms with Crippen LogP contribution in [0.3, 0.4) is 0 Å². The summed E-state index contributed by atoms with van der Waals surface area (Å²) in [4.78, 5) is 14.3. The Bertz CT molecular complexity index is 431. The molecule has 0 saturated carbocycles. The van der Waals surface area contributed by atoms with Crippen molar-refractivity contribution in [3.8, 4) is 0 Å². The second-order valence-electron chi connectivity index (χ2n) is 5.37. The topological polar surface area (TPSA) is 32.3 Å². The highest BCUT2D eigenvalue weighted by atomic mass is 16.2. The molecule has 3 nitrogen and oxygen atoms in total. The van der Waals surface area contributed by atoms with Crippen LogP contribution in [0, 0.1) is 0 Å². The first-order valence-electron chi connectivity index (χ1n) is 7.38. The second-order valence-corrected chi connectivity index (χ2v) is 5.37. The Kier molecular flexibility index (Phi) is 4.83. The highest BCUT2D eigenvalue weighted by Crippen LogP contribution is 2.30. The average Bonchev–Trinajstić information content (AvgIpc) is 2.51. The highest BCUT2D eigenvalue weighted by molar-refractivity contribution is 5.98. The molecule has 0 aliphatic carbocycles. The van der Waals surface area contributed by atoms with E-state index in [-0.39, 0.29) is 11.9 Å². The molecule has 0 bridgehead atoms. The van der Waals surface area contributed by atoms with E-state index in [1.54, 1.807) is 0 Å². The Morgan fingerprint density at radius 3 is 2.84 bits per heavy atom. The van der Waals surface area contributed by atoms with Crippen molar-refractivity contribution in [3.05, 3.63) is 24.3 Å². The zero-order valence-electron chi connectivity index (χ0n) is 12.0. The van der Waals surface area contributed by atoms with Gasteiger partial charge in [0.15, 0.2) is 0 Å². The molecule has 0 saturated heterocycles. The first kappa shape index (κ1) is 13.9. The number of carbonyl (C=O) groups excluding carboxylic acids is 1. The van der Waals surface area contributed by atoms with Crippen molar-refractivity contribution in [2.24, 2.45) is 0 Å². The summed E-state index contributed by atoms with van der Waals surface area (Å²) in [7, 11) is 0. The third-order valence-electron chi connectivity index (χ3n) is 3.61. The number of para-hydroxylation sites is 2. The molecule has 0 spiro atoms. The number of fused-ring (bicyclic) bond motifs is 1. The van der Waals surface area contributed by atoms with E-state index in [1.165, 1.54) is 19.3 Å². The number of rotatable bonds is 5. The van der Waals surface area contributed by atoms with Crippen molar-refractivity contribution in [1.82, 2.24) is 0 Å². The Hall–Kier alpha value is -1.51. The van der Waals surface area contributed by atoms with E-state index in [1.807, 2.05) is 23.1 Å². The second kappa shape index (κ2) is 6.60. The number of carbonyl (C=O) groups is 1. The monoisotopic (exact) mass is 260 g/mol. The van der Waals surface area contributed by atoms with E-state index >= 15 is 0 Å². The smallest absolute Gasteiger partial charge is 0.229 e. The molecule has 1 aromatic carbocycles. The Morgan fingerprint density at radius 2 is 2.05 bits per heavy atom. The fraction of sp³-hybridized carbons (Fsp3) is 0.562. The molecule has 0 radical (unpaired) electrons. The molecule has 0 fully saturated rings. The molecule has 1 aliphatic heterocycles. The van der Waals surface area contributed by atoms with Gasteiger partial charge in [-0.1, -0.05) is 38.3 Å². The molecular weight excluding hydrogens is 236 g/mol. The molecule has 0 unspecified atom stereocenters. The van der Waals surface area contributed by atoms with Gasteiger partial charge in [0.2, 0.25) is 5.91 Å². The van der Waals surface area contributed by atoms with E-state index in [4.69, 9.17) is 0 Å². The molecular formula is C16H24N2O. The van der Waals surface area contributed by atoms with E-state index in [9.17, 15) is 4.79 Å². The van der Waals surface area contributed by atoms with Crippen molar-refractivity contribution >= 4 is 17.3 Å². The molecule has 19 heavy (non-hydrogen) atoms. The van der Waals surface area contributed by atoms with Crippen LogP contribution in [0.1, 0.15) is 46.0 Å². The zero-order chi connectivity index (χ0) is 13.7. The lowest BCUT2D eigenvalue weighted by Gasteiger charge is -2.22. The number of nitrogens with zero attached hydrogens (tertiary/aromatic N) is 1. The summed E-state index contributed by atoms with van der Waals surface area (Å²) in [5.74, 6) is 0.237. The van der Waals surface area contributed by atoms with Crippen LogP contribution >= 0.6 is 0 Å². The Morgan fingerprint density at radius 1 is 1.26 bits per heavy atom. The third kappa shape index (κ3) is 3.49. The normalized spacial score (nSPS) is 18.7. The number of unbranched alkanes of at least 4 members (excludes halogenated alkanes) is 3. The molecule has 1 aliphatic rings. The van der Waals surface area contributed by atoms with Crippen molar-refractivity contribution in [2.45, 2.75) is 52.0 Å². The summed E-state index contributed by atoms with van der Waals surface area (Å²) < 4.78 is 0. The average molecular weight is 260 g/mol. The summed E-state index contributed by atoms with van der Waals surface area (Å²) >= 11 is 0. The van der Waals surface area contributed by atoms with Crippen LogP contribution < -0.4 is 10.2 Å². The van der Waals surface area contributed by atoms with Gasteiger partial charge >= 0.3 is 0 Å². The van der Waals surface area contributed by atoms with Gasteiger partial charge in [-0.15, -0.1) is 0 Å². The summed E-state index contributed by atoms with van der Waals surface area (Å²) in [6.45, 7) is 5.11. The van der Waals surface area contributed by atoms with Gasteiger partial charge in [-0.3, -0.25) is 4.79 Å². The maximum Gasteiger partial charge on any atom is 0.229 e. The SMILES string of the molecule is CCCCCCN1C(=O)C[C@H](C)Nc2ccccc21. The Balaban J connectivity index is 2.13. The summed E-state index contributed by atoms with van der Waals surface area (Å²) in [5.41, 5.74) is 2.12. The summed E-state index contributed by atoms with van der Waals surface area (Å²) in [5, 5.41) is 3.42. The molecule has 3 heteroatoms. The maximum atomic E-state index is 12.3. The van der Waals surface area contributed by atoms with Gasteiger partial charge in [-0.05, 0) is 25.5 Å². The lowest BCUT2D eigenvalue weighted by Crippen LogP contribution is -2.32. The minimum absolute atomic E-state index is 0.203. The van der Waals surface area contributed by atoms with Gasteiger partial charge in [-0.25, -0.2) is 0 Å². The number of anilines is 2. The van der Waals surface area contributed by atoms with Crippen LogP contribution in [-0.4, -0.2) is 18.5 Å². The standard InChI is InChI=1S/C16H24N2O/c1-3-4-5-8-11-18-15-10-7-6-9-14(15)17-13(2)12-16(18)19/h6-7,9-10,13,17H,3-5,8,11-12H2,1-2H3/t13-/m0/s1. The van der Waals surface area contributed by atoms with Gasteiger partial charge < -0.3 is 10.2 Å². The number of benzene rings is 1. The largest absolute Gasteiger partial charge is 0.380 e. The van der Waals surface area contributed by atoms with Crippen molar-refractivity contribution in [3.63, 3.8) is 0 Å². The van der Waals surface area contributed by atoms with E-state index in [0.29, 0.717) is 6.42 Å². The van der Waals surface area contributed by atoms with Crippen molar-refractivity contribution in [1.29, 1.82) is 0 Å². The number of hydrogen-bond acceptors (Lipinski definition) is 2. The van der Waals surface area contributed by atoms with Crippen LogP contribution in [0.25, 0.3) is 0 Å². The lowest BCUT2D eigenvalue weighted by atomic mass is 10.1. The fourth-order valence-electron chi connectivity index (χ4n) is 2.60.